The van der Waals surface area contributed by atoms with Crippen LogP contribution in [-0.2, 0) is 14.8 Å². The van der Waals surface area contributed by atoms with Crippen LogP contribution in [0.4, 0.5) is 22.9 Å². The number of carbonyl (C=O) groups is 1. The number of rotatable bonds is 14. The smallest absolute Gasteiger partial charge is 0.293 e. The fraction of sp³-hybridized carbons (Fsp3) is 0.422. The van der Waals surface area contributed by atoms with Gasteiger partial charge in [0.1, 0.15) is 23.0 Å². The van der Waals surface area contributed by atoms with Crippen LogP contribution in [0.2, 0.25) is 10.0 Å². The summed E-state index contributed by atoms with van der Waals surface area (Å²) < 4.78 is 41.0. The molecule has 3 aromatic carbocycles. The fourth-order valence-electron chi connectivity index (χ4n) is 8.53. The zero-order chi connectivity index (χ0) is 44.2. The number of nitrogens with two attached hydrogens (primary N) is 1. The predicted molar refractivity (Wildman–Crippen MR) is 244 cm³/mol. The molecule has 3 aliphatic rings. The summed E-state index contributed by atoms with van der Waals surface area (Å²) in [4.78, 5) is 33.6. The Balaban J connectivity index is 1.07. The third-order valence-electron chi connectivity index (χ3n) is 12.2. The van der Waals surface area contributed by atoms with Crippen LogP contribution in [0.15, 0.2) is 83.4 Å². The van der Waals surface area contributed by atoms with Gasteiger partial charge >= 0.3 is 0 Å². The largest absolute Gasteiger partial charge is 0.455 e. The number of amides is 1. The van der Waals surface area contributed by atoms with Crippen molar-refractivity contribution in [3.8, 4) is 11.5 Å². The Bertz CT molecular complexity index is 2430. The number of nitrogens with one attached hydrogen (secondary N) is 2. The molecule has 330 valence electrons. The van der Waals surface area contributed by atoms with Gasteiger partial charge in [-0.3, -0.25) is 19.8 Å². The van der Waals surface area contributed by atoms with E-state index in [9.17, 15) is 23.3 Å². The van der Waals surface area contributed by atoms with Crippen molar-refractivity contribution < 1.29 is 27.6 Å². The number of nitrogens with zero attached hydrogens (tertiary/aromatic N) is 4. The van der Waals surface area contributed by atoms with Crippen molar-refractivity contribution in [3.05, 3.63) is 110 Å². The van der Waals surface area contributed by atoms with Crippen LogP contribution in [0.25, 0.3) is 5.57 Å². The highest BCUT2D eigenvalue weighted by atomic mass is 35.5. The van der Waals surface area contributed by atoms with Gasteiger partial charge in [-0.05, 0) is 104 Å². The molecule has 1 amide bonds. The maximum Gasteiger partial charge on any atom is 0.293 e. The number of anilines is 3. The third kappa shape index (κ3) is 11.0. The molecule has 0 unspecified atom stereocenters. The summed E-state index contributed by atoms with van der Waals surface area (Å²) in [5, 5.41) is 16.1. The number of nitro benzene ring substituents is 1. The Morgan fingerprint density at radius 3 is 2.40 bits per heavy atom. The first kappa shape index (κ1) is 45.1. The van der Waals surface area contributed by atoms with Gasteiger partial charge < -0.3 is 25.4 Å². The van der Waals surface area contributed by atoms with Crippen molar-refractivity contribution in [2.45, 2.75) is 69.8 Å². The number of carbonyl (C=O) groups excluding carboxylic acids is 1. The molecule has 14 nitrogen and oxygen atoms in total. The van der Waals surface area contributed by atoms with Crippen LogP contribution in [0.1, 0.15) is 74.7 Å². The van der Waals surface area contributed by atoms with Crippen LogP contribution >= 0.6 is 23.2 Å². The van der Waals surface area contributed by atoms with Gasteiger partial charge in [0, 0.05) is 75.3 Å². The SMILES string of the molecule is CO[C@H]1CC[C@H](CNc2ccc(S(=O)(=O)NC(=O)c3ccc(N4CCN(CC5=C(c6ccc(Cl)cc6)CC(C)(C)CC5)CC4)cc3Oc3cnc(N)c(Cl)c3)cc2[N+](=O)[O-])CC1. The molecule has 2 fully saturated rings. The van der Waals surface area contributed by atoms with E-state index in [1.807, 2.05) is 12.1 Å². The Labute approximate surface area is 373 Å². The molecule has 1 aliphatic heterocycles. The van der Waals surface area contributed by atoms with Crippen molar-refractivity contribution in [3.63, 3.8) is 0 Å². The third-order valence-corrected chi connectivity index (χ3v) is 14.1. The minimum absolute atomic E-state index is 0.0490. The van der Waals surface area contributed by atoms with Gasteiger partial charge in [-0.2, -0.15) is 0 Å². The lowest BCUT2D eigenvalue weighted by molar-refractivity contribution is -0.384. The highest BCUT2D eigenvalue weighted by Crippen LogP contribution is 2.43. The summed E-state index contributed by atoms with van der Waals surface area (Å²) in [5.74, 6) is -0.389. The molecule has 62 heavy (non-hydrogen) atoms. The lowest BCUT2D eigenvalue weighted by Crippen LogP contribution is -2.47. The van der Waals surface area contributed by atoms with Gasteiger partial charge in [-0.1, -0.05) is 54.8 Å². The quantitative estimate of drug-likeness (QED) is 0.0807. The van der Waals surface area contributed by atoms with Crippen molar-refractivity contribution in [2.24, 2.45) is 11.3 Å². The number of benzene rings is 3. The fourth-order valence-corrected chi connectivity index (χ4v) is 9.80. The van der Waals surface area contributed by atoms with Gasteiger partial charge in [0.05, 0.1) is 32.7 Å². The van der Waals surface area contributed by atoms with E-state index in [2.05, 4.69) is 50.8 Å². The number of aromatic nitrogens is 1. The van der Waals surface area contributed by atoms with Crippen molar-refractivity contribution in [1.82, 2.24) is 14.6 Å². The molecule has 0 bridgehead atoms. The standard InChI is InChI=1S/C45H53Cl2N7O7S/c1-45(2)17-16-31(38(25-45)30-6-8-32(46)9-7-30)28-52-18-20-53(21-19-52)33-10-14-37(42(22-33)61-35-23-39(47)43(48)50-27-35)44(55)51-62(58,59)36-13-15-40(41(24-36)54(56)57)49-26-29-4-11-34(60-3)12-5-29/h6-10,13-15,22-24,27,29,34,49H,4-5,11-12,16-21,25-26,28H2,1-3H3,(H2,48,50)(H,51,55)/t29-,34-. The summed E-state index contributed by atoms with van der Waals surface area (Å²) in [6.07, 6.45) is 8.36. The number of methoxy groups -OCH3 is 1. The highest BCUT2D eigenvalue weighted by molar-refractivity contribution is 7.90. The number of nitrogen functional groups attached to an aromatic ring is 1. The zero-order valence-electron chi connectivity index (χ0n) is 35.2. The Kier molecular flexibility index (Phi) is 14.0. The number of piperazine rings is 1. The number of sulfonamides is 1. The maximum atomic E-state index is 13.9. The molecular weight excluding hydrogens is 854 g/mol. The number of hydrogen-bond donors (Lipinski definition) is 3. The second-order valence-electron chi connectivity index (χ2n) is 17.1. The molecule has 0 radical (unpaired) electrons. The average molecular weight is 907 g/mol. The first-order valence-corrected chi connectivity index (χ1v) is 23.1. The predicted octanol–water partition coefficient (Wildman–Crippen LogP) is 9.19. The van der Waals surface area contributed by atoms with E-state index in [0.29, 0.717) is 25.6 Å². The molecule has 4 aromatic rings. The zero-order valence-corrected chi connectivity index (χ0v) is 37.5. The van der Waals surface area contributed by atoms with Crippen LogP contribution in [0.5, 0.6) is 11.5 Å². The Morgan fingerprint density at radius 2 is 1.73 bits per heavy atom. The lowest BCUT2D eigenvalue weighted by Gasteiger charge is -2.39. The number of hydrogen-bond acceptors (Lipinski definition) is 12. The van der Waals surface area contributed by atoms with E-state index >= 15 is 0 Å². The maximum absolute atomic E-state index is 13.9. The number of ether oxygens (including phenoxy) is 2. The van der Waals surface area contributed by atoms with Crippen molar-refractivity contribution in [2.75, 3.05) is 62.3 Å². The number of nitro groups is 1. The second-order valence-corrected chi connectivity index (χ2v) is 19.7. The summed E-state index contributed by atoms with van der Waals surface area (Å²) in [6, 6.07) is 18.0. The summed E-state index contributed by atoms with van der Waals surface area (Å²) in [5.41, 5.74) is 10.6. The van der Waals surface area contributed by atoms with E-state index in [0.717, 1.165) is 81.4 Å². The van der Waals surface area contributed by atoms with Crippen LogP contribution in [0.3, 0.4) is 0 Å². The van der Waals surface area contributed by atoms with Crippen molar-refractivity contribution >= 4 is 67.6 Å². The minimum Gasteiger partial charge on any atom is -0.455 e. The van der Waals surface area contributed by atoms with Gasteiger partial charge in [0.25, 0.3) is 21.6 Å². The van der Waals surface area contributed by atoms with E-state index in [-0.39, 0.29) is 45.1 Å². The number of pyridine rings is 1. The van der Waals surface area contributed by atoms with Crippen molar-refractivity contribution in [1.29, 1.82) is 0 Å². The molecule has 4 N–H and O–H groups in total. The van der Waals surface area contributed by atoms with Gasteiger partial charge in [-0.25, -0.2) is 18.1 Å². The molecule has 0 atom stereocenters. The Morgan fingerprint density at radius 1 is 1.00 bits per heavy atom. The molecule has 17 heteroatoms. The van der Waals surface area contributed by atoms with E-state index in [1.165, 1.54) is 47.2 Å². The van der Waals surface area contributed by atoms with Crippen LogP contribution in [-0.4, -0.2) is 81.6 Å². The molecule has 1 aromatic heterocycles. The number of halogens is 2. The highest BCUT2D eigenvalue weighted by Gasteiger charge is 2.31. The normalized spacial score (nSPS) is 19.5. The average Bonchev–Trinajstić information content (AvgIpc) is 3.25. The van der Waals surface area contributed by atoms with E-state index in [4.69, 9.17) is 38.4 Å². The molecule has 2 aliphatic carbocycles. The number of allylic oxidation sites excluding steroid dienone is 1. The molecular formula is C45H53Cl2N7O7S. The molecule has 1 saturated heterocycles. The first-order valence-electron chi connectivity index (χ1n) is 20.9. The monoisotopic (exact) mass is 905 g/mol. The summed E-state index contributed by atoms with van der Waals surface area (Å²) in [6.45, 7) is 8.99. The van der Waals surface area contributed by atoms with E-state index < -0.39 is 31.4 Å². The lowest BCUT2D eigenvalue weighted by atomic mass is 9.72. The summed E-state index contributed by atoms with van der Waals surface area (Å²) in [7, 11) is -2.89. The van der Waals surface area contributed by atoms with E-state index in [1.54, 1.807) is 19.2 Å². The van der Waals surface area contributed by atoms with Crippen LogP contribution < -0.4 is 25.4 Å². The Hall–Kier alpha value is -4.93. The first-order chi connectivity index (χ1) is 29.6. The molecule has 0 spiro atoms. The topological polar surface area (TPSA) is 182 Å². The molecule has 2 heterocycles. The van der Waals surface area contributed by atoms with Gasteiger partial charge in [0.15, 0.2) is 0 Å². The van der Waals surface area contributed by atoms with Crippen LogP contribution in [0, 0.1) is 21.4 Å². The minimum atomic E-state index is -4.58. The molecule has 7 rings (SSSR count). The van der Waals surface area contributed by atoms with Gasteiger partial charge in [0.2, 0.25) is 0 Å². The van der Waals surface area contributed by atoms with Gasteiger partial charge in [-0.15, -0.1) is 0 Å². The summed E-state index contributed by atoms with van der Waals surface area (Å²) >= 11 is 12.5. The molecule has 1 saturated carbocycles. The second kappa shape index (κ2) is 19.2.